The van der Waals surface area contributed by atoms with Gasteiger partial charge in [-0.2, -0.15) is 0 Å². The Labute approximate surface area is 175 Å². The Hall–Kier alpha value is -3.12. The molecule has 3 aromatic rings. The lowest BCUT2D eigenvalue weighted by Gasteiger charge is -2.18. The number of halogens is 1. The standard InChI is InChI=1S/C24H25FN4O/c1-14-7-8-27-21(9-14)23(17-3-4-17)29-24(30)22-12-16(13-26)11-20(28-22)19-6-5-18(25)10-15(19)2/h5-12,17,23H,3-4,13,26H2,1-2H3,(H,29,30). The van der Waals surface area contributed by atoms with Crippen LogP contribution >= 0.6 is 0 Å². The smallest absolute Gasteiger partial charge is 0.270 e. The molecule has 6 heteroatoms. The molecule has 1 saturated carbocycles. The van der Waals surface area contributed by atoms with Crippen LogP contribution in [0.5, 0.6) is 0 Å². The summed E-state index contributed by atoms with van der Waals surface area (Å²) >= 11 is 0. The lowest BCUT2D eigenvalue weighted by Crippen LogP contribution is -2.31. The number of carbonyl (C=O) groups excluding carboxylic acids is 1. The first kappa shape index (κ1) is 20.2. The molecule has 4 rings (SSSR count). The number of nitrogens with one attached hydrogen (secondary N) is 1. The molecule has 1 aromatic carbocycles. The van der Waals surface area contributed by atoms with Crippen molar-refractivity contribution in [2.75, 3.05) is 0 Å². The van der Waals surface area contributed by atoms with Crippen LogP contribution < -0.4 is 11.1 Å². The zero-order valence-corrected chi connectivity index (χ0v) is 17.2. The van der Waals surface area contributed by atoms with Gasteiger partial charge in [-0.3, -0.25) is 9.78 Å². The monoisotopic (exact) mass is 404 g/mol. The van der Waals surface area contributed by atoms with Crippen LogP contribution in [-0.4, -0.2) is 15.9 Å². The minimum atomic E-state index is -0.304. The highest BCUT2D eigenvalue weighted by Crippen LogP contribution is 2.40. The molecule has 1 aliphatic carbocycles. The molecule has 2 aromatic heterocycles. The number of hydrogen-bond donors (Lipinski definition) is 2. The summed E-state index contributed by atoms with van der Waals surface area (Å²) in [4.78, 5) is 22.2. The number of carbonyl (C=O) groups is 1. The van der Waals surface area contributed by atoms with Crippen LogP contribution in [0.2, 0.25) is 0 Å². The maximum absolute atomic E-state index is 13.5. The summed E-state index contributed by atoms with van der Waals surface area (Å²) in [6.45, 7) is 4.11. The van der Waals surface area contributed by atoms with Gasteiger partial charge in [0.05, 0.1) is 17.4 Å². The summed E-state index contributed by atoms with van der Waals surface area (Å²) < 4.78 is 13.5. The summed E-state index contributed by atoms with van der Waals surface area (Å²) in [5.74, 6) is -0.173. The van der Waals surface area contributed by atoms with Gasteiger partial charge < -0.3 is 11.1 Å². The van der Waals surface area contributed by atoms with E-state index in [1.165, 1.54) is 12.1 Å². The summed E-state index contributed by atoms with van der Waals surface area (Å²) in [6.07, 6.45) is 3.91. The molecule has 30 heavy (non-hydrogen) atoms. The number of amides is 1. The van der Waals surface area contributed by atoms with E-state index in [1.54, 1.807) is 18.3 Å². The Morgan fingerprint density at radius 1 is 1.20 bits per heavy atom. The van der Waals surface area contributed by atoms with Crippen molar-refractivity contribution in [1.29, 1.82) is 0 Å². The predicted octanol–water partition coefficient (Wildman–Crippen LogP) is 4.24. The van der Waals surface area contributed by atoms with Gasteiger partial charge in [-0.1, -0.05) is 0 Å². The van der Waals surface area contributed by atoms with Crippen molar-refractivity contribution in [2.24, 2.45) is 11.7 Å². The number of nitrogens with zero attached hydrogens (tertiary/aromatic N) is 2. The quantitative estimate of drug-likeness (QED) is 0.644. The third-order valence-corrected chi connectivity index (χ3v) is 5.45. The zero-order chi connectivity index (χ0) is 21.3. The Kier molecular flexibility index (Phi) is 5.59. The number of aromatic nitrogens is 2. The van der Waals surface area contributed by atoms with E-state index in [9.17, 15) is 9.18 Å². The number of benzene rings is 1. The fourth-order valence-corrected chi connectivity index (χ4v) is 3.68. The Morgan fingerprint density at radius 3 is 2.67 bits per heavy atom. The molecule has 1 unspecified atom stereocenters. The molecule has 2 heterocycles. The number of pyridine rings is 2. The van der Waals surface area contributed by atoms with E-state index in [0.29, 0.717) is 17.3 Å². The first-order valence-electron chi connectivity index (χ1n) is 10.2. The molecule has 1 amide bonds. The molecule has 0 spiro atoms. The predicted molar refractivity (Wildman–Crippen MR) is 114 cm³/mol. The lowest BCUT2D eigenvalue weighted by atomic mass is 10.0. The second-order valence-corrected chi connectivity index (χ2v) is 7.96. The van der Waals surface area contributed by atoms with Gasteiger partial charge in [0.25, 0.3) is 5.91 Å². The van der Waals surface area contributed by atoms with Gasteiger partial charge in [-0.15, -0.1) is 0 Å². The molecule has 5 nitrogen and oxygen atoms in total. The molecule has 0 saturated heterocycles. The molecule has 0 radical (unpaired) electrons. The van der Waals surface area contributed by atoms with Crippen LogP contribution in [0.4, 0.5) is 4.39 Å². The van der Waals surface area contributed by atoms with E-state index in [1.807, 2.05) is 32.0 Å². The van der Waals surface area contributed by atoms with Crippen molar-refractivity contribution in [1.82, 2.24) is 15.3 Å². The van der Waals surface area contributed by atoms with Crippen molar-refractivity contribution in [2.45, 2.75) is 39.3 Å². The van der Waals surface area contributed by atoms with E-state index in [4.69, 9.17) is 5.73 Å². The van der Waals surface area contributed by atoms with Gasteiger partial charge >= 0.3 is 0 Å². The summed E-state index contributed by atoms with van der Waals surface area (Å²) in [5.41, 5.74) is 11.1. The minimum absolute atomic E-state index is 0.142. The first-order valence-corrected chi connectivity index (χ1v) is 10.2. The van der Waals surface area contributed by atoms with Crippen molar-refractivity contribution >= 4 is 5.91 Å². The normalized spacial score (nSPS) is 14.4. The third-order valence-electron chi connectivity index (χ3n) is 5.45. The van der Waals surface area contributed by atoms with Crippen molar-refractivity contribution in [3.63, 3.8) is 0 Å². The average molecular weight is 404 g/mol. The molecule has 1 fully saturated rings. The number of aryl methyl sites for hydroxylation is 2. The van der Waals surface area contributed by atoms with Crippen molar-refractivity contribution in [3.05, 3.63) is 82.6 Å². The van der Waals surface area contributed by atoms with Crippen LogP contribution in [0.25, 0.3) is 11.3 Å². The molecular weight excluding hydrogens is 379 g/mol. The summed E-state index contributed by atoms with van der Waals surface area (Å²) in [6, 6.07) is 11.9. The van der Waals surface area contributed by atoms with Gasteiger partial charge in [0.1, 0.15) is 11.5 Å². The van der Waals surface area contributed by atoms with Gasteiger partial charge in [0.2, 0.25) is 0 Å². The molecular formula is C24H25FN4O. The second kappa shape index (κ2) is 8.32. The van der Waals surface area contributed by atoms with Crippen molar-refractivity contribution in [3.8, 4) is 11.3 Å². The number of nitrogens with two attached hydrogens (primary N) is 1. The van der Waals surface area contributed by atoms with Crippen molar-refractivity contribution < 1.29 is 9.18 Å². The van der Waals surface area contributed by atoms with Gasteiger partial charge in [0.15, 0.2) is 0 Å². The molecule has 154 valence electrons. The van der Waals surface area contributed by atoms with Crippen LogP contribution in [0.15, 0.2) is 48.7 Å². The molecule has 0 aliphatic heterocycles. The number of hydrogen-bond acceptors (Lipinski definition) is 4. The Morgan fingerprint density at radius 2 is 2.00 bits per heavy atom. The van der Waals surface area contributed by atoms with Crippen LogP contribution in [-0.2, 0) is 6.54 Å². The van der Waals surface area contributed by atoms with Crippen LogP contribution in [0, 0.1) is 25.6 Å². The first-order chi connectivity index (χ1) is 14.4. The second-order valence-electron chi connectivity index (χ2n) is 7.96. The summed E-state index contributed by atoms with van der Waals surface area (Å²) in [5, 5.41) is 3.13. The fraction of sp³-hybridized carbons (Fsp3) is 0.292. The topological polar surface area (TPSA) is 80.9 Å². The largest absolute Gasteiger partial charge is 0.342 e. The molecule has 1 aliphatic rings. The molecule has 0 bridgehead atoms. The van der Waals surface area contributed by atoms with Crippen LogP contribution in [0.1, 0.15) is 51.8 Å². The summed E-state index contributed by atoms with van der Waals surface area (Å²) in [7, 11) is 0. The van der Waals surface area contributed by atoms with E-state index in [2.05, 4.69) is 15.3 Å². The maximum atomic E-state index is 13.5. The van der Waals surface area contributed by atoms with E-state index in [0.717, 1.165) is 40.8 Å². The van der Waals surface area contributed by atoms with Gasteiger partial charge in [-0.05, 0) is 91.8 Å². The fourth-order valence-electron chi connectivity index (χ4n) is 3.68. The highest BCUT2D eigenvalue weighted by atomic mass is 19.1. The van der Waals surface area contributed by atoms with E-state index < -0.39 is 0 Å². The maximum Gasteiger partial charge on any atom is 0.270 e. The van der Waals surface area contributed by atoms with E-state index in [-0.39, 0.29) is 24.3 Å². The molecule has 1 atom stereocenters. The number of rotatable bonds is 6. The highest BCUT2D eigenvalue weighted by molar-refractivity contribution is 5.93. The third kappa shape index (κ3) is 4.39. The average Bonchev–Trinajstić information content (AvgIpc) is 3.56. The Bertz CT molecular complexity index is 1090. The SMILES string of the molecule is Cc1ccnc(C(NC(=O)c2cc(CN)cc(-c3ccc(F)cc3C)n2)C2CC2)c1. The van der Waals surface area contributed by atoms with E-state index >= 15 is 0 Å². The van der Waals surface area contributed by atoms with Crippen LogP contribution in [0.3, 0.4) is 0 Å². The Balaban J connectivity index is 1.66. The van der Waals surface area contributed by atoms with Gasteiger partial charge in [0, 0.05) is 18.3 Å². The minimum Gasteiger partial charge on any atom is -0.342 e. The lowest BCUT2D eigenvalue weighted by molar-refractivity contribution is 0.0925. The van der Waals surface area contributed by atoms with Gasteiger partial charge in [-0.25, -0.2) is 9.37 Å². The highest BCUT2D eigenvalue weighted by Gasteiger charge is 2.34. The zero-order valence-electron chi connectivity index (χ0n) is 17.2. The molecule has 3 N–H and O–H groups in total.